The van der Waals surface area contributed by atoms with Crippen LogP contribution in [0.15, 0.2) is 0 Å². The van der Waals surface area contributed by atoms with Crippen molar-refractivity contribution in [3.63, 3.8) is 0 Å². The normalized spacial score (nSPS) is 12.3. The van der Waals surface area contributed by atoms with E-state index in [1.165, 1.54) is 103 Å². The van der Waals surface area contributed by atoms with Crippen LogP contribution in [0.4, 0.5) is 0 Å². The van der Waals surface area contributed by atoms with E-state index in [0.29, 0.717) is 49.8 Å². The molecule has 0 aromatic heterocycles. The van der Waals surface area contributed by atoms with Gasteiger partial charge in [0.25, 0.3) is 0 Å². The molecule has 0 unspecified atom stereocenters. The van der Waals surface area contributed by atoms with Crippen molar-refractivity contribution < 1.29 is 19.1 Å². The summed E-state index contributed by atoms with van der Waals surface area (Å²) in [6.07, 6.45) is 34.4. The first-order valence-electron chi connectivity index (χ1n) is 18.3. The Morgan fingerprint density at radius 2 is 1.04 bits per heavy atom. The maximum absolute atomic E-state index is 11.7. The molecule has 2 radical (unpaired) electrons. The minimum atomic E-state index is -0.180. The zero-order valence-electron chi connectivity index (χ0n) is 29.7. The number of unbranched alkanes of at least 4 members (excludes halogenated alkanes) is 14. The van der Waals surface area contributed by atoms with Gasteiger partial charge in [-0.05, 0) is 12.8 Å². The fraction of sp³-hybridized carbons (Fsp3) is 0.842. The Kier molecular flexibility index (Phi) is 41.2. The summed E-state index contributed by atoms with van der Waals surface area (Å²) < 4.78 is 10.2. The van der Waals surface area contributed by atoms with Gasteiger partial charge in [-0.1, -0.05) is 90.9 Å². The quantitative estimate of drug-likeness (QED) is 0.0366. The SMILES string of the molecule is C#CCCCCCCCCC.C#CCCCCCCCCC.O=C(CCN(CCC(=O)OCC[Se])CCN1CCCC1)OCC[Se]. The Balaban J connectivity index is 0. The molecule has 46 heavy (non-hydrogen) atoms. The van der Waals surface area contributed by atoms with Gasteiger partial charge in [-0.2, -0.15) is 0 Å². The summed E-state index contributed by atoms with van der Waals surface area (Å²) in [7, 11) is 0. The molecule has 1 aliphatic rings. The summed E-state index contributed by atoms with van der Waals surface area (Å²) in [5.74, 6) is 4.98. The van der Waals surface area contributed by atoms with Crippen LogP contribution in [0, 0.1) is 24.7 Å². The Morgan fingerprint density at radius 1 is 0.652 bits per heavy atom. The molecular formula is C38H68N2O4Se2. The van der Waals surface area contributed by atoms with Crippen molar-refractivity contribution in [1.29, 1.82) is 0 Å². The van der Waals surface area contributed by atoms with E-state index >= 15 is 0 Å². The van der Waals surface area contributed by atoms with E-state index in [2.05, 4.69) is 67.5 Å². The van der Waals surface area contributed by atoms with Crippen LogP contribution >= 0.6 is 0 Å². The molecule has 8 heteroatoms. The van der Waals surface area contributed by atoms with E-state index in [1.807, 2.05) is 0 Å². The number of terminal acetylenes is 2. The minimum absolute atomic E-state index is 0.180. The zero-order valence-corrected chi connectivity index (χ0v) is 33.1. The molecule has 266 valence electrons. The number of carbonyl (C=O) groups is 2. The number of hydrogen-bond donors (Lipinski definition) is 0. The molecule has 1 heterocycles. The van der Waals surface area contributed by atoms with Crippen LogP contribution in [0.1, 0.15) is 142 Å². The summed E-state index contributed by atoms with van der Waals surface area (Å²) in [5.41, 5.74) is 0. The van der Waals surface area contributed by atoms with Crippen molar-refractivity contribution in [3.05, 3.63) is 0 Å². The number of esters is 2. The van der Waals surface area contributed by atoms with Gasteiger partial charge in [0, 0.05) is 12.8 Å². The van der Waals surface area contributed by atoms with Crippen molar-refractivity contribution in [2.45, 2.75) is 153 Å². The molecule has 0 aromatic carbocycles. The molecule has 0 spiro atoms. The fourth-order valence-corrected chi connectivity index (χ4v) is 5.30. The number of ether oxygens (including phenoxy) is 2. The number of carbonyl (C=O) groups excluding carboxylic acids is 2. The third-order valence-electron chi connectivity index (χ3n) is 7.74. The maximum atomic E-state index is 11.7. The molecule has 1 rings (SSSR count). The molecule has 6 nitrogen and oxygen atoms in total. The van der Waals surface area contributed by atoms with Gasteiger partial charge in [0.05, 0.1) is 0 Å². The Labute approximate surface area is 301 Å². The van der Waals surface area contributed by atoms with Gasteiger partial charge in [0.2, 0.25) is 0 Å². The summed E-state index contributed by atoms with van der Waals surface area (Å²) in [4.78, 5) is 28.0. The van der Waals surface area contributed by atoms with Crippen LogP contribution in [0.25, 0.3) is 0 Å². The predicted octanol–water partition coefficient (Wildman–Crippen LogP) is 7.95. The van der Waals surface area contributed by atoms with Crippen LogP contribution in [0.5, 0.6) is 0 Å². The molecule has 0 bridgehead atoms. The first-order valence-corrected chi connectivity index (χ1v) is 20.7. The average molecular weight is 775 g/mol. The number of hydrogen-bond acceptors (Lipinski definition) is 6. The summed E-state index contributed by atoms with van der Waals surface area (Å²) >= 11 is 5.63. The van der Waals surface area contributed by atoms with E-state index in [1.54, 1.807) is 0 Å². The van der Waals surface area contributed by atoms with Crippen LogP contribution < -0.4 is 0 Å². The first kappa shape index (κ1) is 47.1. The first-order chi connectivity index (χ1) is 22.5. The van der Waals surface area contributed by atoms with E-state index in [0.717, 1.165) is 39.0 Å². The molecule has 1 saturated heterocycles. The number of nitrogens with zero attached hydrogens (tertiary/aromatic N) is 2. The molecule has 0 amide bonds. The van der Waals surface area contributed by atoms with Gasteiger partial charge >= 0.3 is 162 Å². The number of rotatable bonds is 27. The van der Waals surface area contributed by atoms with Crippen LogP contribution in [-0.2, 0) is 19.1 Å². The molecule has 0 aliphatic carbocycles. The van der Waals surface area contributed by atoms with E-state index in [4.69, 9.17) is 22.3 Å². The second-order valence-electron chi connectivity index (χ2n) is 11.9. The monoisotopic (exact) mass is 776 g/mol. The predicted molar refractivity (Wildman–Crippen MR) is 197 cm³/mol. The summed E-state index contributed by atoms with van der Waals surface area (Å²) in [6.45, 7) is 10.7. The molecule has 0 atom stereocenters. The van der Waals surface area contributed by atoms with Crippen LogP contribution in [0.3, 0.4) is 0 Å². The van der Waals surface area contributed by atoms with E-state index in [-0.39, 0.29) is 11.9 Å². The van der Waals surface area contributed by atoms with Crippen LogP contribution in [0.2, 0.25) is 10.6 Å². The van der Waals surface area contributed by atoms with E-state index < -0.39 is 0 Å². The molecule has 1 fully saturated rings. The fourth-order valence-electron chi connectivity index (χ4n) is 4.95. The third-order valence-corrected chi connectivity index (χ3v) is 8.44. The Morgan fingerprint density at radius 3 is 1.41 bits per heavy atom. The molecule has 0 aromatic rings. The van der Waals surface area contributed by atoms with Crippen molar-refractivity contribution in [2.24, 2.45) is 0 Å². The van der Waals surface area contributed by atoms with Crippen molar-refractivity contribution in [1.82, 2.24) is 9.80 Å². The molecule has 0 saturated carbocycles. The van der Waals surface area contributed by atoms with Gasteiger partial charge in [0.15, 0.2) is 0 Å². The topological polar surface area (TPSA) is 59.1 Å². The van der Waals surface area contributed by atoms with Gasteiger partial charge in [0.1, 0.15) is 0 Å². The zero-order chi connectivity index (χ0) is 34.4. The van der Waals surface area contributed by atoms with Crippen LogP contribution in [-0.4, -0.2) is 106 Å². The van der Waals surface area contributed by atoms with Gasteiger partial charge in [-0.3, -0.25) is 0 Å². The second-order valence-corrected chi connectivity index (χ2v) is 13.6. The summed E-state index contributed by atoms with van der Waals surface area (Å²) in [6, 6.07) is 0. The Hall–Kier alpha value is -0.981. The van der Waals surface area contributed by atoms with Gasteiger partial charge < -0.3 is 0 Å². The van der Waals surface area contributed by atoms with Crippen molar-refractivity contribution >= 4 is 44.0 Å². The van der Waals surface area contributed by atoms with E-state index in [9.17, 15) is 9.59 Å². The molecule has 1 aliphatic heterocycles. The molecule has 0 N–H and O–H groups in total. The third kappa shape index (κ3) is 37.5. The summed E-state index contributed by atoms with van der Waals surface area (Å²) in [5, 5.41) is 1.43. The van der Waals surface area contributed by atoms with Crippen molar-refractivity contribution in [2.75, 3.05) is 52.5 Å². The van der Waals surface area contributed by atoms with Crippen molar-refractivity contribution in [3.8, 4) is 24.7 Å². The Bertz CT molecular complexity index is 696. The number of likely N-dealkylation sites (tertiary alicyclic amines) is 1. The second kappa shape index (κ2) is 40.2. The standard InChI is InChI=1S/C16H28N2O4Se2.2C11H20/c19-15(21-11-13-23)3-7-18(8-4-16(20)22-12-14-24)10-9-17-5-1-2-6-17;2*1-3-5-7-9-11-10-8-6-4-2/h1-14H2;2*1H,4-11H2,2H3. The van der Waals surface area contributed by atoms with Gasteiger partial charge in [-0.25, -0.2) is 0 Å². The molecular weight excluding hydrogens is 706 g/mol. The van der Waals surface area contributed by atoms with Gasteiger partial charge in [-0.15, -0.1) is 24.7 Å². The average Bonchev–Trinajstić information content (AvgIpc) is 3.60.